The average molecular weight is 311 g/mol. The molecule has 0 N–H and O–H groups in total. The molecule has 0 aliphatic rings. The first-order valence-corrected chi connectivity index (χ1v) is 6.20. The minimum atomic E-state index is -5.39. The normalized spacial score (nSPS) is 10.1. The summed E-state index contributed by atoms with van der Waals surface area (Å²) in [6.45, 7) is 0. The van der Waals surface area contributed by atoms with Crippen molar-refractivity contribution in [3.05, 3.63) is 30.3 Å². The zero-order valence-corrected chi connectivity index (χ0v) is 10.6. The molecule has 0 aliphatic heterocycles. The Morgan fingerprint density at radius 2 is 1.42 bits per heavy atom. The van der Waals surface area contributed by atoms with Gasteiger partial charge in [-0.2, -0.15) is 7.82 Å². The topological polar surface area (TPSA) is 86.2 Å². The van der Waals surface area contributed by atoms with E-state index in [0.717, 1.165) is 33.7 Å². The van der Waals surface area contributed by atoms with Crippen LogP contribution in [0.1, 0.15) is 0 Å². The molecule has 0 unspecified atom stereocenters. The van der Waals surface area contributed by atoms with Crippen molar-refractivity contribution in [3.63, 3.8) is 0 Å². The summed E-state index contributed by atoms with van der Waals surface area (Å²) in [6, 6.07) is 10.5. The Hall–Kier alpha value is 0.525. The Kier molecular flexibility index (Phi) is 6.32. The van der Waals surface area contributed by atoms with Gasteiger partial charge in [-0.15, -0.1) is 0 Å². The summed E-state index contributed by atoms with van der Waals surface area (Å²) in [6.07, 6.45) is 0. The van der Waals surface area contributed by atoms with E-state index in [1.807, 2.05) is 6.07 Å². The maximum absolute atomic E-state index is 8.55. The van der Waals surface area contributed by atoms with Crippen LogP contribution < -0.4 is 16.6 Å². The van der Waals surface area contributed by atoms with Gasteiger partial charge < -0.3 is 19.2 Å². The first-order valence-electron chi connectivity index (χ1n) is 2.93. The standard InChI is InChI=1S/C6H5.La.H3O4P/c1-2-4-6-5-3-1;;1-5(2,3)4/h1-5H;;(H3,1,2,3,4)/q;+3;/p-3. The number of rotatable bonds is 0. The van der Waals surface area contributed by atoms with Crippen molar-refractivity contribution in [1.29, 1.82) is 0 Å². The first kappa shape index (κ1) is 12.5. The quantitative estimate of drug-likeness (QED) is 0.521. The number of phosphoric acid groups is 1. The van der Waals surface area contributed by atoms with E-state index in [9.17, 15) is 0 Å². The third-order valence-electron chi connectivity index (χ3n) is 0.800. The molecule has 0 saturated carbocycles. The van der Waals surface area contributed by atoms with Gasteiger partial charge in [-0.3, -0.25) is 0 Å². The third-order valence-corrected chi connectivity index (χ3v) is 2.01. The summed E-state index contributed by atoms with van der Waals surface area (Å²) in [7, 11) is -5.39. The van der Waals surface area contributed by atoms with Gasteiger partial charge in [-0.1, -0.05) is 0 Å². The Balaban J connectivity index is 0.000000217. The molecule has 0 radical (unpaired) electrons. The van der Waals surface area contributed by atoms with Gasteiger partial charge in [-0.25, -0.2) is 0 Å². The van der Waals surface area contributed by atoms with Gasteiger partial charge in [0.1, 0.15) is 0 Å². The molecule has 0 atom stereocenters. The molecular weight excluding hydrogens is 306 g/mol. The van der Waals surface area contributed by atoms with Crippen molar-refractivity contribution in [2.24, 2.45) is 0 Å². The molecule has 0 aromatic heterocycles. The van der Waals surface area contributed by atoms with E-state index in [0.29, 0.717) is 0 Å². The molecule has 61 valence electrons. The molecule has 0 heterocycles. The van der Waals surface area contributed by atoms with E-state index < -0.39 is 7.82 Å². The van der Waals surface area contributed by atoms with Crippen molar-refractivity contribution in [2.45, 2.75) is 0 Å². The molecule has 0 spiro atoms. The first-order chi connectivity index (χ1) is 5.39. The van der Waals surface area contributed by atoms with Crippen LogP contribution >= 0.6 is 7.82 Å². The Morgan fingerprint density at radius 1 is 1.08 bits per heavy atom. The predicted molar refractivity (Wildman–Crippen MR) is 33.7 cm³/mol. The molecule has 0 amide bonds. The summed E-state index contributed by atoms with van der Waals surface area (Å²) in [5.74, 6) is 0. The fourth-order valence-corrected chi connectivity index (χ4v) is 1.15. The molecule has 12 heavy (non-hydrogen) atoms. The Bertz CT molecular complexity index is 249. The number of hydrogen-bond acceptors (Lipinski definition) is 4. The van der Waals surface area contributed by atoms with Gasteiger partial charge in [0.05, 0.1) is 0 Å². The monoisotopic (exact) mass is 311 g/mol. The molecule has 0 fully saturated rings. The van der Waals surface area contributed by atoms with Gasteiger partial charge in [0.25, 0.3) is 0 Å². The van der Waals surface area contributed by atoms with Crippen molar-refractivity contribution in [1.82, 2.24) is 0 Å². The van der Waals surface area contributed by atoms with Crippen LogP contribution in [0.15, 0.2) is 30.3 Å². The van der Waals surface area contributed by atoms with Crippen LogP contribution in [0.25, 0.3) is 0 Å². The summed E-state index contributed by atoms with van der Waals surface area (Å²) in [5, 5.41) is 0. The molecule has 0 saturated heterocycles. The van der Waals surface area contributed by atoms with E-state index >= 15 is 0 Å². The molecule has 6 heteroatoms. The molecule has 1 aromatic rings. The van der Waals surface area contributed by atoms with Crippen molar-refractivity contribution < 1.29 is 53.0 Å². The van der Waals surface area contributed by atoms with E-state index in [4.69, 9.17) is 19.2 Å². The molecule has 0 aliphatic carbocycles. The van der Waals surface area contributed by atoms with Crippen LogP contribution in [0.4, 0.5) is 0 Å². The fourth-order valence-electron chi connectivity index (χ4n) is 0.453. The minimum absolute atomic E-state index is 0.992. The van der Waals surface area contributed by atoms with Gasteiger partial charge in [0, 0.05) is 0 Å². The molecule has 1 rings (SSSR count). The predicted octanol–water partition coefficient (Wildman–Crippen LogP) is -1.96. The molecule has 1 aromatic carbocycles. The number of hydrogen-bond donors (Lipinski definition) is 0. The fraction of sp³-hybridized carbons (Fsp3) is 0. The Labute approximate surface area is 92.5 Å². The zero-order chi connectivity index (χ0) is 9.61. The molecular formula is C6H5LaO4P. The van der Waals surface area contributed by atoms with Crippen LogP contribution in [0.5, 0.6) is 0 Å². The van der Waals surface area contributed by atoms with Gasteiger partial charge in [-0.05, 0) is 0 Å². The SMILES string of the molecule is O=P([O-])([O-])[O-].[La+3][c]1ccccc1. The van der Waals surface area contributed by atoms with Gasteiger partial charge in [0.2, 0.25) is 0 Å². The summed E-state index contributed by atoms with van der Waals surface area (Å²) >= 11 is 0.992. The van der Waals surface area contributed by atoms with Crippen molar-refractivity contribution >= 4 is 9.79 Å². The van der Waals surface area contributed by atoms with Crippen molar-refractivity contribution in [2.75, 3.05) is 0 Å². The van der Waals surface area contributed by atoms with Crippen LogP contribution in [0.3, 0.4) is 0 Å². The van der Waals surface area contributed by atoms with Gasteiger partial charge >= 0.3 is 66.0 Å². The van der Waals surface area contributed by atoms with Crippen LogP contribution in [-0.4, -0.2) is 0 Å². The van der Waals surface area contributed by atoms with Crippen LogP contribution in [0, 0.1) is 33.7 Å². The molecule has 0 bridgehead atoms. The van der Waals surface area contributed by atoms with E-state index in [1.165, 1.54) is 1.97 Å². The van der Waals surface area contributed by atoms with E-state index in [1.54, 1.807) is 0 Å². The summed E-state index contributed by atoms with van der Waals surface area (Å²) in [5.41, 5.74) is 0. The summed E-state index contributed by atoms with van der Waals surface area (Å²) in [4.78, 5) is 25.6. The average Bonchev–Trinajstić information content (AvgIpc) is 1.85. The second-order valence-corrected chi connectivity index (χ2v) is 4.85. The second-order valence-electron chi connectivity index (χ2n) is 1.86. The third kappa shape index (κ3) is 13.1. The van der Waals surface area contributed by atoms with E-state index in [-0.39, 0.29) is 0 Å². The molecule has 4 nitrogen and oxygen atoms in total. The second kappa shape index (κ2) is 6.05. The van der Waals surface area contributed by atoms with Gasteiger partial charge in [0.15, 0.2) is 0 Å². The maximum atomic E-state index is 8.55. The summed E-state index contributed by atoms with van der Waals surface area (Å²) < 4.78 is 10.0. The van der Waals surface area contributed by atoms with Crippen LogP contribution in [-0.2, 0) is 4.57 Å². The number of benzene rings is 1. The van der Waals surface area contributed by atoms with Crippen LogP contribution in [0.2, 0.25) is 0 Å². The van der Waals surface area contributed by atoms with E-state index in [2.05, 4.69) is 24.3 Å². The Morgan fingerprint density at radius 3 is 1.58 bits per heavy atom. The van der Waals surface area contributed by atoms with Crippen molar-refractivity contribution in [3.8, 4) is 0 Å². The zero-order valence-electron chi connectivity index (χ0n) is 6.04.